The highest BCUT2D eigenvalue weighted by Crippen LogP contribution is 2.71. The lowest BCUT2D eigenvalue weighted by atomic mass is 9.44. The Morgan fingerprint density at radius 3 is 2.59 bits per heavy atom. The van der Waals surface area contributed by atoms with Gasteiger partial charge in [0.1, 0.15) is 11.9 Å². The molecule has 5 nitrogen and oxygen atoms in total. The first kappa shape index (κ1) is 17.9. The maximum atomic E-state index is 12.1. The van der Waals surface area contributed by atoms with Gasteiger partial charge in [-0.2, -0.15) is 0 Å². The van der Waals surface area contributed by atoms with E-state index in [-0.39, 0.29) is 17.4 Å². The van der Waals surface area contributed by atoms with Crippen molar-refractivity contribution in [2.24, 2.45) is 22.7 Å². The first-order valence-corrected chi connectivity index (χ1v) is 10.5. The van der Waals surface area contributed by atoms with E-state index in [9.17, 15) is 15.3 Å². The lowest BCUT2D eigenvalue weighted by Gasteiger charge is -2.62. The first-order chi connectivity index (χ1) is 12.7. The van der Waals surface area contributed by atoms with Crippen LogP contribution < -0.4 is 0 Å². The molecule has 0 radical (unpaired) electrons. The first-order valence-electron chi connectivity index (χ1n) is 10.5. The topological polar surface area (TPSA) is 86.7 Å². The Morgan fingerprint density at radius 1 is 1.04 bits per heavy atom. The van der Waals surface area contributed by atoms with E-state index in [0.717, 1.165) is 38.5 Å². The summed E-state index contributed by atoms with van der Waals surface area (Å²) in [6.07, 6.45) is 11.5. The molecule has 5 rings (SSSR count). The molecule has 3 fully saturated rings. The number of nitrogens with zero attached hydrogens (tertiary/aromatic N) is 1. The van der Waals surface area contributed by atoms with Gasteiger partial charge in [0.15, 0.2) is 0 Å². The molecular formula is C22H31NO4. The van der Waals surface area contributed by atoms with Crippen LogP contribution in [0.25, 0.3) is 0 Å². The molecule has 0 unspecified atom stereocenters. The van der Waals surface area contributed by atoms with Gasteiger partial charge in [0.2, 0.25) is 0 Å². The van der Waals surface area contributed by atoms with Gasteiger partial charge in [0.25, 0.3) is 0 Å². The second kappa shape index (κ2) is 5.46. The summed E-state index contributed by atoms with van der Waals surface area (Å²) in [5.41, 5.74) is -0.418. The molecule has 3 saturated carbocycles. The van der Waals surface area contributed by atoms with Crippen molar-refractivity contribution in [2.45, 2.75) is 82.5 Å². The fourth-order valence-corrected chi connectivity index (χ4v) is 7.57. The van der Waals surface area contributed by atoms with Crippen LogP contribution in [0, 0.1) is 22.7 Å². The van der Waals surface area contributed by atoms with E-state index in [2.05, 4.69) is 25.1 Å². The minimum atomic E-state index is -1.09. The minimum Gasteiger partial charge on any atom is -0.389 e. The third kappa shape index (κ3) is 2.03. The van der Waals surface area contributed by atoms with Gasteiger partial charge >= 0.3 is 0 Å². The lowest BCUT2D eigenvalue weighted by molar-refractivity contribution is -0.221. The maximum absolute atomic E-state index is 12.1. The number of aliphatic hydroxyl groups is 3. The van der Waals surface area contributed by atoms with Crippen molar-refractivity contribution in [3.8, 4) is 0 Å². The summed E-state index contributed by atoms with van der Waals surface area (Å²) in [6, 6.07) is 0. The van der Waals surface area contributed by atoms with Crippen LogP contribution in [0.4, 0.5) is 0 Å². The van der Waals surface area contributed by atoms with Gasteiger partial charge in [-0.15, -0.1) is 0 Å². The van der Waals surface area contributed by atoms with Gasteiger partial charge in [-0.25, -0.2) is 0 Å². The van der Waals surface area contributed by atoms with Gasteiger partial charge in [0.05, 0.1) is 17.9 Å². The Hall–Kier alpha value is -1.17. The third-order valence-corrected chi connectivity index (χ3v) is 9.33. The second-order valence-corrected chi connectivity index (χ2v) is 10.0. The van der Waals surface area contributed by atoms with Gasteiger partial charge in [-0.3, -0.25) is 0 Å². The second-order valence-electron chi connectivity index (χ2n) is 10.0. The van der Waals surface area contributed by atoms with Crippen LogP contribution in [0.3, 0.4) is 0 Å². The molecule has 5 heteroatoms. The van der Waals surface area contributed by atoms with E-state index in [0.29, 0.717) is 24.3 Å². The van der Waals surface area contributed by atoms with Crippen molar-refractivity contribution in [1.29, 1.82) is 0 Å². The van der Waals surface area contributed by atoms with Crippen molar-refractivity contribution < 1.29 is 19.8 Å². The van der Waals surface area contributed by atoms with Crippen molar-refractivity contribution in [3.63, 3.8) is 0 Å². The molecule has 0 aromatic carbocycles. The third-order valence-electron chi connectivity index (χ3n) is 9.33. The fraction of sp³-hybridized carbons (Fsp3) is 0.773. The molecule has 1 aromatic heterocycles. The SMILES string of the molecule is C[C@]12CC[C@H]3[C@@H](CCC4=C[C@@H](O)CC[C@@]43C)[C@@]1(O)CC[C@]2(O)c1cnoc1. The van der Waals surface area contributed by atoms with Gasteiger partial charge < -0.3 is 19.8 Å². The summed E-state index contributed by atoms with van der Waals surface area (Å²) in [5.74, 6) is 0.593. The summed E-state index contributed by atoms with van der Waals surface area (Å²) < 4.78 is 5.03. The van der Waals surface area contributed by atoms with Crippen molar-refractivity contribution in [2.75, 3.05) is 0 Å². The molecule has 0 amide bonds. The van der Waals surface area contributed by atoms with E-state index >= 15 is 0 Å². The monoisotopic (exact) mass is 373 g/mol. The molecular weight excluding hydrogens is 342 g/mol. The van der Waals surface area contributed by atoms with Crippen LogP contribution in [0.1, 0.15) is 70.8 Å². The minimum absolute atomic E-state index is 0.0666. The standard InChI is InChI=1S/C22H31NO4/c1-19-7-5-16(24)11-14(19)3-4-18-17(19)6-8-20(2)21(25,9-10-22(18,20)26)15-12-23-27-13-15/h11-13,16-18,24-26H,3-10H2,1-2H3/t16-,17-,18+,19-,20+,21-,22-/m0/s1. The number of aromatic nitrogens is 1. The zero-order valence-corrected chi connectivity index (χ0v) is 16.3. The number of aliphatic hydroxyl groups excluding tert-OH is 1. The van der Waals surface area contributed by atoms with E-state index in [1.807, 2.05) is 0 Å². The molecule has 7 atom stereocenters. The predicted molar refractivity (Wildman–Crippen MR) is 99.6 cm³/mol. The van der Waals surface area contributed by atoms with Crippen molar-refractivity contribution in [3.05, 3.63) is 29.7 Å². The average molecular weight is 373 g/mol. The molecule has 0 spiro atoms. The zero-order valence-electron chi connectivity index (χ0n) is 16.3. The molecule has 3 N–H and O–H groups in total. The largest absolute Gasteiger partial charge is 0.389 e. The number of hydrogen-bond donors (Lipinski definition) is 3. The van der Waals surface area contributed by atoms with E-state index < -0.39 is 16.6 Å². The Balaban J connectivity index is 1.56. The van der Waals surface area contributed by atoms with Crippen molar-refractivity contribution >= 4 is 0 Å². The Kier molecular flexibility index (Phi) is 3.62. The highest BCUT2D eigenvalue weighted by Gasteiger charge is 2.71. The fourth-order valence-electron chi connectivity index (χ4n) is 7.57. The van der Waals surface area contributed by atoms with E-state index in [1.165, 1.54) is 11.8 Å². The van der Waals surface area contributed by atoms with Crippen LogP contribution in [0.2, 0.25) is 0 Å². The van der Waals surface area contributed by atoms with Crippen LogP contribution >= 0.6 is 0 Å². The number of rotatable bonds is 1. The summed E-state index contributed by atoms with van der Waals surface area (Å²) >= 11 is 0. The number of fused-ring (bicyclic) bond motifs is 5. The highest BCUT2D eigenvalue weighted by atomic mass is 16.5. The summed E-state index contributed by atoms with van der Waals surface area (Å²) in [5, 5.41) is 37.7. The van der Waals surface area contributed by atoms with Crippen LogP contribution in [0.5, 0.6) is 0 Å². The van der Waals surface area contributed by atoms with Gasteiger partial charge in [0, 0.05) is 11.0 Å². The summed E-state index contributed by atoms with van der Waals surface area (Å²) in [4.78, 5) is 0. The number of allylic oxidation sites excluding steroid dienone is 1. The molecule has 4 aliphatic rings. The Labute approximate surface area is 160 Å². The van der Waals surface area contributed by atoms with Crippen LogP contribution in [0.15, 0.2) is 28.6 Å². The molecule has 0 aliphatic heterocycles. The molecule has 4 aliphatic carbocycles. The molecule has 148 valence electrons. The quantitative estimate of drug-likeness (QED) is 0.658. The highest BCUT2D eigenvalue weighted by molar-refractivity contribution is 5.32. The smallest absolute Gasteiger partial charge is 0.129 e. The van der Waals surface area contributed by atoms with Gasteiger partial charge in [-0.1, -0.05) is 30.7 Å². The molecule has 27 heavy (non-hydrogen) atoms. The van der Waals surface area contributed by atoms with Crippen LogP contribution in [-0.4, -0.2) is 32.2 Å². The summed E-state index contributed by atoms with van der Waals surface area (Å²) in [6.45, 7) is 4.41. The lowest BCUT2D eigenvalue weighted by Crippen LogP contribution is -2.63. The summed E-state index contributed by atoms with van der Waals surface area (Å²) in [7, 11) is 0. The Bertz CT molecular complexity index is 775. The normalized spacial score (nSPS) is 51.9. The van der Waals surface area contributed by atoms with Crippen molar-refractivity contribution in [1.82, 2.24) is 5.16 Å². The van der Waals surface area contributed by atoms with Gasteiger partial charge in [-0.05, 0) is 68.6 Å². The van der Waals surface area contributed by atoms with Crippen LogP contribution in [-0.2, 0) is 5.60 Å². The Morgan fingerprint density at radius 2 is 1.85 bits per heavy atom. The molecule has 1 aromatic rings. The zero-order chi connectivity index (χ0) is 19.1. The molecule has 0 saturated heterocycles. The van der Waals surface area contributed by atoms with E-state index in [1.54, 1.807) is 6.20 Å². The molecule has 1 heterocycles. The average Bonchev–Trinajstić information content (AvgIpc) is 3.24. The van der Waals surface area contributed by atoms with E-state index in [4.69, 9.17) is 4.52 Å². The molecule has 0 bridgehead atoms. The number of hydrogen-bond acceptors (Lipinski definition) is 5. The maximum Gasteiger partial charge on any atom is 0.129 e. The predicted octanol–water partition coefficient (Wildman–Crippen LogP) is 3.30.